The second-order valence-electron chi connectivity index (χ2n) is 7.43. The Hall–Kier alpha value is -2.64. The van der Waals surface area contributed by atoms with Gasteiger partial charge in [-0.3, -0.25) is 4.79 Å². The third-order valence-electron chi connectivity index (χ3n) is 5.08. The Morgan fingerprint density at radius 3 is 2.03 bits per heavy atom. The highest BCUT2D eigenvalue weighted by atomic mass is 35.5. The van der Waals surface area contributed by atoms with Crippen molar-refractivity contribution in [1.82, 2.24) is 5.32 Å². The number of anilines is 1. The molecule has 2 N–H and O–H groups in total. The summed E-state index contributed by atoms with van der Waals surface area (Å²) in [6, 6.07) is 16.7. The number of methoxy groups -OCH3 is 1. The molecule has 0 radical (unpaired) electrons. The third kappa shape index (κ3) is 6.27. The molecule has 0 fully saturated rings. The van der Waals surface area contributed by atoms with Crippen LogP contribution in [0.25, 0.3) is 0 Å². The van der Waals surface area contributed by atoms with Crippen molar-refractivity contribution in [2.45, 2.75) is 19.4 Å². The van der Waals surface area contributed by atoms with Crippen LogP contribution >= 0.6 is 47.0 Å². The molecular formula is C25H21Cl3N2O3S. The second kappa shape index (κ2) is 11.7. The van der Waals surface area contributed by atoms with Crippen molar-refractivity contribution >= 4 is 69.6 Å². The average molecular weight is 536 g/mol. The van der Waals surface area contributed by atoms with Crippen LogP contribution in [-0.2, 0) is 16.0 Å². The van der Waals surface area contributed by atoms with Crippen LogP contribution in [0.5, 0.6) is 0 Å². The van der Waals surface area contributed by atoms with E-state index in [0.717, 1.165) is 11.1 Å². The number of rotatable bonds is 7. The minimum atomic E-state index is -0.726. The van der Waals surface area contributed by atoms with Gasteiger partial charge in [0.1, 0.15) is 11.0 Å². The molecule has 3 rings (SSSR count). The van der Waals surface area contributed by atoms with Gasteiger partial charge >= 0.3 is 5.97 Å². The third-order valence-corrected chi connectivity index (χ3v) is 6.35. The first-order chi connectivity index (χ1) is 16.2. The Morgan fingerprint density at radius 1 is 0.912 bits per heavy atom. The van der Waals surface area contributed by atoms with Crippen molar-refractivity contribution in [3.63, 3.8) is 0 Å². The molecule has 9 heteroatoms. The fourth-order valence-electron chi connectivity index (χ4n) is 3.35. The number of hydrogen-bond donors (Lipinski definition) is 2. The highest BCUT2D eigenvalue weighted by Gasteiger charge is 2.23. The first kappa shape index (κ1) is 26.0. The lowest BCUT2D eigenvalue weighted by atomic mass is 10.0. The van der Waals surface area contributed by atoms with Crippen LogP contribution in [0.2, 0.25) is 15.1 Å². The summed E-state index contributed by atoms with van der Waals surface area (Å²) in [5, 5.41) is 6.86. The SMILES string of the molecule is COC(=O)[C@H](Cc1ccc(NC(=O)c2c(Cl)cccc2Cl)cc1)NC(=S)c1c(C)cccc1Cl. The van der Waals surface area contributed by atoms with Gasteiger partial charge in [-0.25, -0.2) is 4.79 Å². The van der Waals surface area contributed by atoms with Crippen LogP contribution in [0.3, 0.4) is 0 Å². The molecule has 5 nitrogen and oxygen atoms in total. The predicted octanol–water partition coefficient (Wildman–Crippen LogP) is 6.26. The van der Waals surface area contributed by atoms with E-state index in [-0.39, 0.29) is 15.6 Å². The maximum absolute atomic E-state index is 12.6. The average Bonchev–Trinajstić information content (AvgIpc) is 2.79. The Balaban J connectivity index is 1.72. The predicted molar refractivity (Wildman–Crippen MR) is 141 cm³/mol. The molecule has 1 atom stereocenters. The van der Waals surface area contributed by atoms with Gasteiger partial charge in [0.15, 0.2) is 0 Å². The van der Waals surface area contributed by atoms with E-state index in [0.29, 0.717) is 27.7 Å². The van der Waals surface area contributed by atoms with Crippen LogP contribution < -0.4 is 10.6 Å². The molecule has 0 aliphatic carbocycles. The van der Waals surface area contributed by atoms with Gasteiger partial charge in [-0.05, 0) is 48.4 Å². The summed E-state index contributed by atoms with van der Waals surface area (Å²) in [5.74, 6) is -0.879. The normalized spacial score (nSPS) is 11.4. The minimum absolute atomic E-state index is 0.202. The highest BCUT2D eigenvalue weighted by Crippen LogP contribution is 2.25. The number of halogens is 3. The fraction of sp³-hybridized carbons (Fsp3) is 0.160. The molecule has 0 unspecified atom stereocenters. The number of hydrogen-bond acceptors (Lipinski definition) is 4. The Bertz CT molecular complexity index is 1190. The highest BCUT2D eigenvalue weighted by molar-refractivity contribution is 7.80. The first-order valence-electron chi connectivity index (χ1n) is 10.2. The summed E-state index contributed by atoms with van der Waals surface area (Å²) < 4.78 is 4.95. The van der Waals surface area contributed by atoms with Crippen molar-refractivity contribution in [2.75, 3.05) is 12.4 Å². The Kier molecular flexibility index (Phi) is 8.91. The lowest BCUT2D eigenvalue weighted by Crippen LogP contribution is -2.43. The number of esters is 1. The molecule has 0 aliphatic rings. The number of ether oxygens (including phenoxy) is 1. The Labute approximate surface area is 218 Å². The number of carbonyl (C=O) groups is 2. The van der Waals surface area contributed by atoms with Gasteiger partial charge in [-0.2, -0.15) is 0 Å². The summed E-state index contributed by atoms with van der Waals surface area (Å²) in [6.07, 6.45) is 0.306. The monoisotopic (exact) mass is 534 g/mol. The van der Waals surface area contributed by atoms with E-state index in [1.807, 2.05) is 19.1 Å². The van der Waals surface area contributed by atoms with Gasteiger partial charge in [0.25, 0.3) is 5.91 Å². The topological polar surface area (TPSA) is 67.4 Å². The maximum atomic E-state index is 12.6. The number of aryl methyl sites for hydroxylation is 1. The van der Waals surface area contributed by atoms with E-state index >= 15 is 0 Å². The van der Waals surface area contributed by atoms with Crippen molar-refractivity contribution in [3.8, 4) is 0 Å². The largest absolute Gasteiger partial charge is 0.467 e. The molecule has 0 aromatic heterocycles. The van der Waals surface area contributed by atoms with Crippen LogP contribution in [0.1, 0.15) is 27.0 Å². The molecule has 176 valence electrons. The van der Waals surface area contributed by atoms with Crippen LogP contribution in [0, 0.1) is 6.92 Å². The standard InChI is InChI=1S/C25H21Cl3N2O3S/c1-14-5-3-6-17(26)21(14)24(34)30-20(25(32)33-2)13-15-9-11-16(12-10-15)29-23(31)22-18(27)7-4-8-19(22)28/h3-12,20H,13H2,1-2H3,(H,29,31)(H,30,34)/t20-/m0/s1. The number of nitrogens with one attached hydrogen (secondary N) is 2. The van der Waals surface area contributed by atoms with E-state index in [1.165, 1.54) is 7.11 Å². The van der Waals surface area contributed by atoms with E-state index in [4.69, 9.17) is 51.8 Å². The molecular weight excluding hydrogens is 515 g/mol. The zero-order chi connectivity index (χ0) is 24.8. The maximum Gasteiger partial charge on any atom is 0.328 e. The summed E-state index contributed by atoms with van der Waals surface area (Å²) in [4.78, 5) is 25.4. The zero-order valence-electron chi connectivity index (χ0n) is 18.3. The quantitative estimate of drug-likeness (QED) is 0.276. The van der Waals surface area contributed by atoms with E-state index in [9.17, 15) is 9.59 Å². The summed E-state index contributed by atoms with van der Waals surface area (Å²) >= 11 is 24.0. The van der Waals surface area contributed by atoms with E-state index in [1.54, 1.807) is 48.5 Å². The van der Waals surface area contributed by atoms with Crippen LogP contribution in [-0.4, -0.2) is 30.0 Å². The van der Waals surface area contributed by atoms with E-state index < -0.39 is 17.9 Å². The van der Waals surface area contributed by atoms with E-state index in [2.05, 4.69) is 10.6 Å². The van der Waals surface area contributed by atoms with Crippen molar-refractivity contribution < 1.29 is 14.3 Å². The number of thiocarbonyl (C=S) groups is 1. The molecule has 3 aromatic rings. The molecule has 0 saturated heterocycles. The van der Waals surface area contributed by atoms with Gasteiger partial charge < -0.3 is 15.4 Å². The lowest BCUT2D eigenvalue weighted by molar-refractivity contribution is -0.142. The minimum Gasteiger partial charge on any atom is -0.467 e. The summed E-state index contributed by atoms with van der Waals surface area (Å²) in [6.45, 7) is 1.89. The summed E-state index contributed by atoms with van der Waals surface area (Å²) in [5.41, 5.74) is 3.15. The molecule has 1 amide bonds. The number of amides is 1. The number of benzene rings is 3. The van der Waals surface area contributed by atoms with Gasteiger partial charge in [0.2, 0.25) is 0 Å². The van der Waals surface area contributed by atoms with Crippen molar-refractivity contribution in [3.05, 3.63) is 98.0 Å². The number of carbonyl (C=O) groups excluding carboxylic acids is 2. The Morgan fingerprint density at radius 2 is 1.47 bits per heavy atom. The van der Waals surface area contributed by atoms with Gasteiger partial charge in [0, 0.05) is 17.7 Å². The molecule has 0 spiro atoms. The molecule has 34 heavy (non-hydrogen) atoms. The van der Waals surface area contributed by atoms with Crippen LogP contribution in [0.4, 0.5) is 5.69 Å². The van der Waals surface area contributed by atoms with Crippen LogP contribution in [0.15, 0.2) is 60.7 Å². The first-order valence-corrected chi connectivity index (χ1v) is 11.7. The zero-order valence-corrected chi connectivity index (χ0v) is 21.4. The molecule has 0 saturated carbocycles. The summed E-state index contributed by atoms with van der Waals surface area (Å²) in [7, 11) is 1.32. The lowest BCUT2D eigenvalue weighted by Gasteiger charge is -2.20. The fourth-order valence-corrected chi connectivity index (χ4v) is 4.71. The van der Waals surface area contributed by atoms with Gasteiger partial charge in [-0.15, -0.1) is 0 Å². The van der Waals surface area contributed by atoms with Crippen molar-refractivity contribution in [1.29, 1.82) is 0 Å². The van der Waals surface area contributed by atoms with Gasteiger partial charge in [-0.1, -0.05) is 77.4 Å². The van der Waals surface area contributed by atoms with Gasteiger partial charge in [0.05, 0.1) is 27.7 Å². The smallest absolute Gasteiger partial charge is 0.328 e. The second-order valence-corrected chi connectivity index (χ2v) is 9.06. The molecule has 0 aliphatic heterocycles. The molecule has 0 bridgehead atoms. The molecule has 0 heterocycles. The molecule has 3 aromatic carbocycles. The van der Waals surface area contributed by atoms with Crippen molar-refractivity contribution in [2.24, 2.45) is 0 Å².